The summed E-state index contributed by atoms with van der Waals surface area (Å²) in [6.45, 7) is 4.41. The van der Waals surface area contributed by atoms with Crippen molar-refractivity contribution in [2.24, 2.45) is 0 Å². The molecular weight excluding hydrogens is 352 g/mol. The third kappa shape index (κ3) is 5.35. The van der Waals surface area contributed by atoms with Crippen molar-refractivity contribution >= 4 is 23.2 Å². The van der Waals surface area contributed by atoms with Gasteiger partial charge in [0, 0.05) is 12.1 Å². The molecule has 1 unspecified atom stereocenters. The van der Waals surface area contributed by atoms with E-state index in [1.807, 2.05) is 19.9 Å². The first-order valence-corrected chi connectivity index (χ1v) is 8.30. The van der Waals surface area contributed by atoms with Gasteiger partial charge in [0.15, 0.2) is 0 Å². The molecule has 0 heterocycles. The average Bonchev–Trinajstić information content (AvgIpc) is 2.55. The minimum atomic E-state index is -0.711. The molecule has 0 aliphatic heterocycles. The Kier molecular flexibility index (Phi) is 6.47. The Hall–Kier alpha value is -1.33. The second-order valence-electron chi connectivity index (χ2n) is 6.05. The number of ether oxygens (including phenoxy) is 1. The monoisotopic (exact) mass is 371 g/mol. The Balaban J connectivity index is 1.86. The van der Waals surface area contributed by atoms with Crippen molar-refractivity contribution in [1.82, 2.24) is 5.32 Å². The van der Waals surface area contributed by atoms with Crippen LogP contribution in [0, 0.1) is 5.82 Å². The normalized spacial score (nSPS) is 12.9. The highest BCUT2D eigenvalue weighted by Crippen LogP contribution is 2.28. The van der Waals surface area contributed by atoms with Crippen molar-refractivity contribution in [3.63, 3.8) is 0 Å². The molecular formula is C18H20Cl2FNO2. The molecule has 130 valence electrons. The quantitative estimate of drug-likeness (QED) is 0.757. The molecule has 2 rings (SSSR count). The minimum Gasteiger partial charge on any atom is -0.491 e. The molecule has 0 radical (unpaired) electrons. The van der Waals surface area contributed by atoms with Crippen LogP contribution in [0.4, 0.5) is 4.39 Å². The van der Waals surface area contributed by atoms with E-state index in [-0.39, 0.29) is 12.4 Å². The molecule has 0 spiro atoms. The van der Waals surface area contributed by atoms with Crippen molar-refractivity contribution in [2.75, 3.05) is 13.2 Å². The second kappa shape index (κ2) is 8.17. The zero-order valence-corrected chi connectivity index (χ0v) is 15.0. The zero-order valence-electron chi connectivity index (χ0n) is 13.5. The molecule has 2 aromatic carbocycles. The Bertz CT molecular complexity index is 677. The number of aliphatic hydroxyl groups is 1. The van der Waals surface area contributed by atoms with Gasteiger partial charge in [-0.05, 0) is 55.8 Å². The highest BCUT2D eigenvalue weighted by molar-refractivity contribution is 6.42. The number of benzene rings is 2. The van der Waals surface area contributed by atoms with Crippen LogP contribution in [-0.4, -0.2) is 24.4 Å². The van der Waals surface area contributed by atoms with E-state index in [9.17, 15) is 9.50 Å². The lowest BCUT2D eigenvalue weighted by molar-refractivity contribution is 0.0987. The first-order valence-electron chi connectivity index (χ1n) is 7.55. The molecule has 2 N–H and O–H groups in total. The molecule has 24 heavy (non-hydrogen) atoms. The summed E-state index contributed by atoms with van der Waals surface area (Å²) in [4.78, 5) is 0. The highest BCUT2D eigenvalue weighted by atomic mass is 35.5. The van der Waals surface area contributed by atoms with Gasteiger partial charge in [-0.15, -0.1) is 0 Å². The molecule has 0 fully saturated rings. The van der Waals surface area contributed by atoms with E-state index in [1.54, 1.807) is 12.1 Å². The third-order valence-corrected chi connectivity index (χ3v) is 4.42. The van der Waals surface area contributed by atoms with Crippen molar-refractivity contribution in [2.45, 2.75) is 25.5 Å². The fourth-order valence-corrected chi connectivity index (χ4v) is 2.44. The lowest BCUT2D eigenvalue weighted by Crippen LogP contribution is -2.42. The topological polar surface area (TPSA) is 41.5 Å². The second-order valence-corrected chi connectivity index (χ2v) is 6.87. The first-order chi connectivity index (χ1) is 11.3. The summed E-state index contributed by atoms with van der Waals surface area (Å²) in [5.74, 6) is 0.187. The molecule has 2 aromatic rings. The van der Waals surface area contributed by atoms with E-state index in [1.165, 1.54) is 24.3 Å². The molecule has 0 aromatic heterocycles. The molecule has 0 saturated heterocycles. The zero-order chi connectivity index (χ0) is 17.7. The molecule has 3 nitrogen and oxygen atoms in total. The summed E-state index contributed by atoms with van der Waals surface area (Å²) in [7, 11) is 0. The first kappa shape index (κ1) is 19.0. The SMILES string of the molecule is CC(C)(NCC(O)COc1ccc(F)cc1)c1ccc(Cl)c(Cl)c1. The van der Waals surface area contributed by atoms with E-state index in [4.69, 9.17) is 27.9 Å². The molecule has 6 heteroatoms. The molecule has 0 amide bonds. The van der Waals surface area contributed by atoms with Gasteiger partial charge in [-0.2, -0.15) is 0 Å². The highest BCUT2D eigenvalue weighted by Gasteiger charge is 2.22. The van der Waals surface area contributed by atoms with Gasteiger partial charge < -0.3 is 15.2 Å². The number of aliphatic hydroxyl groups excluding tert-OH is 1. The Morgan fingerprint density at radius 2 is 1.79 bits per heavy atom. The van der Waals surface area contributed by atoms with Gasteiger partial charge in [-0.1, -0.05) is 29.3 Å². The van der Waals surface area contributed by atoms with E-state index in [0.717, 1.165) is 5.56 Å². The van der Waals surface area contributed by atoms with Crippen LogP contribution in [0.5, 0.6) is 5.75 Å². The maximum Gasteiger partial charge on any atom is 0.123 e. The summed E-state index contributed by atoms with van der Waals surface area (Å²) in [6, 6.07) is 11.1. The van der Waals surface area contributed by atoms with Gasteiger partial charge in [0.05, 0.1) is 10.0 Å². The van der Waals surface area contributed by atoms with Gasteiger partial charge >= 0.3 is 0 Å². The number of hydrogen-bond donors (Lipinski definition) is 2. The summed E-state index contributed by atoms with van der Waals surface area (Å²) < 4.78 is 18.3. The lowest BCUT2D eigenvalue weighted by atomic mass is 9.94. The Labute approximate surface area is 151 Å². The van der Waals surface area contributed by atoms with Crippen LogP contribution < -0.4 is 10.1 Å². The number of nitrogens with one attached hydrogen (secondary N) is 1. The van der Waals surface area contributed by atoms with Gasteiger partial charge in [0.2, 0.25) is 0 Å². The molecule has 0 aliphatic carbocycles. The van der Waals surface area contributed by atoms with E-state index >= 15 is 0 Å². The molecule has 0 aliphatic rings. The summed E-state index contributed by atoms with van der Waals surface area (Å²) in [5.41, 5.74) is 0.564. The smallest absolute Gasteiger partial charge is 0.123 e. The lowest BCUT2D eigenvalue weighted by Gasteiger charge is -2.28. The van der Waals surface area contributed by atoms with Crippen LogP contribution in [0.25, 0.3) is 0 Å². The van der Waals surface area contributed by atoms with Crippen LogP contribution in [0.2, 0.25) is 10.0 Å². The maximum absolute atomic E-state index is 12.8. The minimum absolute atomic E-state index is 0.107. The predicted molar refractivity (Wildman–Crippen MR) is 95.4 cm³/mol. The molecule has 0 bridgehead atoms. The fourth-order valence-electron chi connectivity index (χ4n) is 2.14. The van der Waals surface area contributed by atoms with Gasteiger partial charge in [0.1, 0.15) is 24.3 Å². The van der Waals surface area contributed by atoms with Gasteiger partial charge in [-0.25, -0.2) is 4.39 Å². The summed E-state index contributed by atoms with van der Waals surface area (Å²) in [5, 5.41) is 14.3. The van der Waals surface area contributed by atoms with Crippen molar-refractivity contribution < 1.29 is 14.2 Å². The van der Waals surface area contributed by atoms with Gasteiger partial charge in [0.25, 0.3) is 0 Å². The number of rotatable bonds is 7. The molecule has 0 saturated carbocycles. The summed E-state index contributed by atoms with van der Waals surface area (Å²) >= 11 is 12.0. The van der Waals surface area contributed by atoms with E-state index in [0.29, 0.717) is 22.3 Å². The number of halogens is 3. The standard InChI is InChI=1S/C18H20Cl2FNO2/c1-18(2,12-3-8-16(19)17(20)9-12)22-10-14(23)11-24-15-6-4-13(21)5-7-15/h3-9,14,22-23H,10-11H2,1-2H3. The predicted octanol–water partition coefficient (Wildman–Crippen LogP) is 4.40. The van der Waals surface area contributed by atoms with Crippen LogP contribution in [0.3, 0.4) is 0 Å². The van der Waals surface area contributed by atoms with Gasteiger partial charge in [-0.3, -0.25) is 0 Å². The van der Waals surface area contributed by atoms with Crippen LogP contribution in [-0.2, 0) is 5.54 Å². The molecule has 1 atom stereocenters. The number of hydrogen-bond acceptors (Lipinski definition) is 3. The third-order valence-electron chi connectivity index (χ3n) is 3.68. The van der Waals surface area contributed by atoms with Crippen LogP contribution in [0.1, 0.15) is 19.4 Å². The van der Waals surface area contributed by atoms with Crippen molar-refractivity contribution in [3.05, 3.63) is 63.9 Å². The van der Waals surface area contributed by atoms with Crippen molar-refractivity contribution in [1.29, 1.82) is 0 Å². The fraction of sp³-hybridized carbons (Fsp3) is 0.333. The van der Waals surface area contributed by atoms with Crippen LogP contribution in [0.15, 0.2) is 42.5 Å². The van der Waals surface area contributed by atoms with Crippen LogP contribution >= 0.6 is 23.2 Å². The maximum atomic E-state index is 12.8. The van der Waals surface area contributed by atoms with Crippen molar-refractivity contribution in [3.8, 4) is 5.75 Å². The Morgan fingerprint density at radius 3 is 2.42 bits per heavy atom. The Morgan fingerprint density at radius 1 is 1.12 bits per heavy atom. The van der Waals surface area contributed by atoms with E-state index in [2.05, 4.69) is 5.32 Å². The average molecular weight is 372 g/mol. The summed E-state index contributed by atoms with van der Waals surface area (Å²) in [6.07, 6.45) is -0.711. The van der Waals surface area contributed by atoms with E-state index < -0.39 is 11.6 Å². The largest absolute Gasteiger partial charge is 0.491 e.